The average molecular weight is 210 g/mol. The minimum Gasteiger partial charge on any atom is -0.394 e. The van der Waals surface area contributed by atoms with Crippen molar-refractivity contribution in [2.24, 2.45) is 5.73 Å². The van der Waals surface area contributed by atoms with Gasteiger partial charge < -0.3 is 10.8 Å². The van der Waals surface area contributed by atoms with Gasteiger partial charge in [-0.05, 0) is 0 Å². The fourth-order valence-electron chi connectivity index (χ4n) is 0.920. The van der Waals surface area contributed by atoms with Gasteiger partial charge in [0.25, 0.3) is 11.9 Å². The van der Waals surface area contributed by atoms with Crippen molar-refractivity contribution in [1.82, 2.24) is 4.98 Å². The van der Waals surface area contributed by atoms with Crippen LogP contribution in [0.15, 0.2) is 0 Å². The smallest absolute Gasteiger partial charge is 0.252 e. The first-order valence-electron chi connectivity index (χ1n) is 3.55. The van der Waals surface area contributed by atoms with E-state index in [0.717, 1.165) is 0 Å². The Morgan fingerprint density at radius 2 is 1.57 bits per heavy atom. The van der Waals surface area contributed by atoms with Crippen molar-refractivity contribution in [1.29, 1.82) is 0 Å². The van der Waals surface area contributed by atoms with E-state index in [2.05, 4.69) is 4.98 Å². The molecule has 0 bridgehead atoms. The molecule has 3 nitrogen and oxygen atoms in total. The summed E-state index contributed by atoms with van der Waals surface area (Å²) >= 11 is 0. The number of rotatable bonds is 2. The number of halogens is 4. The maximum Gasteiger partial charge on any atom is 0.252 e. The van der Waals surface area contributed by atoms with E-state index in [-0.39, 0.29) is 0 Å². The predicted molar refractivity (Wildman–Crippen MR) is 38.1 cm³/mol. The maximum absolute atomic E-state index is 12.8. The van der Waals surface area contributed by atoms with Crippen LogP contribution in [-0.2, 0) is 0 Å². The summed E-state index contributed by atoms with van der Waals surface area (Å²) in [5.74, 6) is -6.96. The van der Waals surface area contributed by atoms with Crippen molar-refractivity contribution in [3.63, 3.8) is 0 Å². The van der Waals surface area contributed by atoms with Crippen molar-refractivity contribution < 1.29 is 22.7 Å². The molecule has 0 amide bonds. The Kier molecular flexibility index (Phi) is 3.02. The van der Waals surface area contributed by atoms with E-state index in [0.29, 0.717) is 0 Å². The maximum atomic E-state index is 12.8. The van der Waals surface area contributed by atoms with Crippen LogP contribution in [-0.4, -0.2) is 16.7 Å². The molecule has 0 saturated heterocycles. The summed E-state index contributed by atoms with van der Waals surface area (Å²) < 4.78 is 50.7. The normalized spacial score (nSPS) is 13.0. The van der Waals surface area contributed by atoms with Gasteiger partial charge >= 0.3 is 0 Å². The molecule has 0 aliphatic rings. The molecule has 3 N–H and O–H groups in total. The van der Waals surface area contributed by atoms with E-state index in [4.69, 9.17) is 10.8 Å². The van der Waals surface area contributed by atoms with Gasteiger partial charge in [-0.3, -0.25) is 0 Å². The number of hydrogen-bond acceptors (Lipinski definition) is 3. The average Bonchev–Trinajstić information content (AvgIpc) is 2.15. The molecule has 0 saturated carbocycles. The van der Waals surface area contributed by atoms with Crippen LogP contribution in [0.1, 0.15) is 11.6 Å². The number of hydrogen-bond donors (Lipinski definition) is 2. The van der Waals surface area contributed by atoms with Gasteiger partial charge in [-0.1, -0.05) is 0 Å². The quantitative estimate of drug-likeness (QED) is 0.556. The second-order valence-corrected chi connectivity index (χ2v) is 2.52. The van der Waals surface area contributed by atoms with Crippen molar-refractivity contribution >= 4 is 0 Å². The molecule has 0 aliphatic heterocycles. The number of nitrogens with two attached hydrogens (primary N) is 1. The van der Waals surface area contributed by atoms with Gasteiger partial charge in [0.15, 0.2) is 11.6 Å². The Morgan fingerprint density at radius 3 is 1.93 bits per heavy atom. The highest BCUT2D eigenvalue weighted by molar-refractivity contribution is 5.21. The molecule has 0 unspecified atom stereocenters. The van der Waals surface area contributed by atoms with Crippen LogP contribution in [0, 0.1) is 23.5 Å². The molecule has 1 aromatic heterocycles. The molecule has 14 heavy (non-hydrogen) atoms. The van der Waals surface area contributed by atoms with Crippen LogP contribution in [0.3, 0.4) is 0 Å². The van der Waals surface area contributed by atoms with Crippen LogP contribution in [0.4, 0.5) is 17.6 Å². The first kappa shape index (κ1) is 10.9. The third-order valence-electron chi connectivity index (χ3n) is 1.60. The fourth-order valence-corrected chi connectivity index (χ4v) is 0.920. The molecule has 1 aromatic rings. The van der Waals surface area contributed by atoms with Crippen LogP contribution in [0.2, 0.25) is 0 Å². The molecular weight excluding hydrogens is 204 g/mol. The van der Waals surface area contributed by atoms with E-state index in [1.807, 2.05) is 0 Å². The van der Waals surface area contributed by atoms with Crippen molar-refractivity contribution in [3.8, 4) is 0 Å². The summed E-state index contributed by atoms with van der Waals surface area (Å²) in [6, 6.07) is -1.53. The van der Waals surface area contributed by atoms with Gasteiger partial charge in [-0.15, -0.1) is 0 Å². The Labute approximate surface area is 76.2 Å². The number of aliphatic hydroxyl groups is 1. The van der Waals surface area contributed by atoms with Gasteiger partial charge in [0.05, 0.1) is 18.2 Å². The highest BCUT2D eigenvalue weighted by Crippen LogP contribution is 2.21. The van der Waals surface area contributed by atoms with E-state index in [9.17, 15) is 17.6 Å². The zero-order valence-corrected chi connectivity index (χ0v) is 6.77. The minimum atomic E-state index is -1.79. The summed E-state index contributed by atoms with van der Waals surface area (Å²) in [6.07, 6.45) is 0. The SMILES string of the molecule is N[C@@H](CO)c1c(F)c(F)nc(F)c1F. The fraction of sp³-hybridized carbons (Fsp3) is 0.286. The van der Waals surface area contributed by atoms with E-state index < -0.39 is 41.7 Å². The first-order chi connectivity index (χ1) is 6.49. The second kappa shape index (κ2) is 3.89. The van der Waals surface area contributed by atoms with Gasteiger partial charge in [0.2, 0.25) is 0 Å². The third-order valence-corrected chi connectivity index (χ3v) is 1.60. The van der Waals surface area contributed by atoms with Gasteiger partial charge in [0, 0.05) is 0 Å². The number of pyridine rings is 1. The molecule has 1 rings (SSSR count). The summed E-state index contributed by atoms with van der Waals surface area (Å²) in [5.41, 5.74) is 4.00. The second-order valence-electron chi connectivity index (χ2n) is 2.52. The van der Waals surface area contributed by atoms with E-state index in [1.54, 1.807) is 0 Å². The third kappa shape index (κ3) is 1.68. The number of aromatic nitrogens is 1. The Bertz CT molecular complexity index is 332. The lowest BCUT2D eigenvalue weighted by Crippen LogP contribution is -2.20. The predicted octanol–water partition coefficient (Wildman–Crippen LogP) is 0.630. The molecule has 0 aromatic carbocycles. The minimum absolute atomic E-state index is 0.837. The molecule has 7 heteroatoms. The zero-order valence-electron chi connectivity index (χ0n) is 6.77. The molecule has 78 valence electrons. The highest BCUT2D eigenvalue weighted by atomic mass is 19.2. The van der Waals surface area contributed by atoms with Gasteiger partial charge in [0.1, 0.15) is 0 Å². The largest absolute Gasteiger partial charge is 0.394 e. The lowest BCUT2D eigenvalue weighted by molar-refractivity contribution is 0.257. The Hall–Kier alpha value is -1.21. The molecule has 0 aliphatic carbocycles. The van der Waals surface area contributed by atoms with Gasteiger partial charge in [-0.2, -0.15) is 13.8 Å². The van der Waals surface area contributed by atoms with Crippen LogP contribution in [0.25, 0.3) is 0 Å². The Balaban J connectivity index is 3.39. The molecule has 0 spiro atoms. The number of aliphatic hydroxyl groups excluding tert-OH is 1. The first-order valence-corrected chi connectivity index (χ1v) is 3.55. The van der Waals surface area contributed by atoms with Crippen LogP contribution in [0.5, 0.6) is 0 Å². The van der Waals surface area contributed by atoms with E-state index >= 15 is 0 Å². The van der Waals surface area contributed by atoms with Crippen LogP contribution < -0.4 is 5.73 Å². The van der Waals surface area contributed by atoms with Crippen LogP contribution >= 0.6 is 0 Å². The molecule has 1 atom stereocenters. The van der Waals surface area contributed by atoms with Crippen molar-refractivity contribution in [3.05, 3.63) is 29.1 Å². The van der Waals surface area contributed by atoms with Crippen molar-refractivity contribution in [2.45, 2.75) is 6.04 Å². The summed E-state index contributed by atoms with van der Waals surface area (Å²) in [5, 5.41) is 8.50. The molecular formula is C7H6F4N2O. The monoisotopic (exact) mass is 210 g/mol. The lowest BCUT2D eigenvalue weighted by Gasteiger charge is -2.10. The molecule has 0 fully saturated rings. The molecule has 1 heterocycles. The van der Waals surface area contributed by atoms with Crippen molar-refractivity contribution in [2.75, 3.05) is 6.61 Å². The highest BCUT2D eigenvalue weighted by Gasteiger charge is 2.24. The molecule has 0 radical (unpaired) electrons. The standard InChI is InChI=1S/C7H6F4N2O/c8-4-3(2(12)1-14)5(9)7(11)13-6(4)10/h2,14H,1,12H2/t2-/m0/s1. The Morgan fingerprint density at radius 1 is 1.14 bits per heavy atom. The topological polar surface area (TPSA) is 59.1 Å². The number of nitrogens with zero attached hydrogens (tertiary/aromatic N) is 1. The van der Waals surface area contributed by atoms with Gasteiger partial charge in [-0.25, -0.2) is 8.78 Å². The summed E-state index contributed by atoms with van der Waals surface area (Å²) in [4.78, 5) is 2.33. The van der Waals surface area contributed by atoms with E-state index in [1.165, 1.54) is 0 Å². The summed E-state index contributed by atoms with van der Waals surface area (Å²) in [6.45, 7) is -0.837. The lowest BCUT2D eigenvalue weighted by atomic mass is 10.1. The summed E-state index contributed by atoms with van der Waals surface area (Å²) in [7, 11) is 0. The zero-order chi connectivity index (χ0) is 10.9.